The summed E-state index contributed by atoms with van der Waals surface area (Å²) >= 11 is 6.27. The molecule has 0 heterocycles. The molecule has 2 rings (SSSR count). The summed E-state index contributed by atoms with van der Waals surface area (Å²) in [5.41, 5.74) is 0.678. The molecule has 0 spiro atoms. The van der Waals surface area contributed by atoms with Crippen LogP contribution in [0.5, 0.6) is 0 Å². The number of hydrogen-bond donors (Lipinski definition) is 0. The van der Waals surface area contributed by atoms with Crippen molar-refractivity contribution in [3.63, 3.8) is 0 Å². The van der Waals surface area contributed by atoms with E-state index in [2.05, 4.69) is 20.8 Å². The molecule has 0 radical (unpaired) electrons. The second-order valence-corrected chi connectivity index (χ2v) is 6.54. The van der Waals surface area contributed by atoms with Crippen LogP contribution in [-0.2, 0) is 5.41 Å². The standard InChI is InChI=1S/C15H20ClF/c1-14(2,3)15(9-4-5-10-15)13-11(16)7-6-8-12(13)17/h6-8H,4-5,9-10H2,1-3H3. The number of halogens is 2. The lowest BCUT2D eigenvalue weighted by Gasteiger charge is -2.43. The van der Waals surface area contributed by atoms with Crippen molar-refractivity contribution in [1.82, 2.24) is 0 Å². The first kappa shape index (κ1) is 12.9. The van der Waals surface area contributed by atoms with Crippen molar-refractivity contribution in [1.29, 1.82) is 0 Å². The van der Waals surface area contributed by atoms with Crippen LogP contribution in [0.4, 0.5) is 4.39 Å². The molecule has 0 aliphatic heterocycles. The Morgan fingerprint density at radius 2 is 1.76 bits per heavy atom. The van der Waals surface area contributed by atoms with Crippen LogP contribution in [0, 0.1) is 11.2 Å². The normalized spacial score (nSPS) is 19.6. The van der Waals surface area contributed by atoms with Gasteiger partial charge >= 0.3 is 0 Å². The molecule has 1 aliphatic rings. The first-order valence-electron chi connectivity index (χ1n) is 6.33. The molecule has 0 aromatic heterocycles. The van der Waals surface area contributed by atoms with Gasteiger partial charge in [-0.05, 0) is 30.4 Å². The molecule has 1 aliphatic carbocycles. The molecule has 0 atom stereocenters. The van der Waals surface area contributed by atoms with Crippen LogP contribution in [0.15, 0.2) is 18.2 Å². The van der Waals surface area contributed by atoms with Gasteiger partial charge in [-0.3, -0.25) is 0 Å². The van der Waals surface area contributed by atoms with Crippen molar-refractivity contribution in [2.45, 2.75) is 51.9 Å². The van der Waals surface area contributed by atoms with Gasteiger partial charge in [0.1, 0.15) is 5.82 Å². The van der Waals surface area contributed by atoms with E-state index < -0.39 is 0 Å². The molecular weight excluding hydrogens is 235 g/mol. The number of hydrogen-bond acceptors (Lipinski definition) is 0. The Morgan fingerprint density at radius 3 is 2.24 bits per heavy atom. The maximum absolute atomic E-state index is 14.2. The summed E-state index contributed by atoms with van der Waals surface area (Å²) in [6.07, 6.45) is 4.41. The summed E-state index contributed by atoms with van der Waals surface area (Å²) in [4.78, 5) is 0. The highest BCUT2D eigenvalue weighted by molar-refractivity contribution is 6.31. The molecule has 0 amide bonds. The molecular formula is C15H20ClF. The predicted molar refractivity (Wildman–Crippen MR) is 71.0 cm³/mol. The van der Waals surface area contributed by atoms with Crippen molar-refractivity contribution >= 4 is 11.6 Å². The molecule has 0 N–H and O–H groups in total. The summed E-state index contributed by atoms with van der Waals surface area (Å²) < 4.78 is 14.2. The van der Waals surface area contributed by atoms with Gasteiger partial charge in [0.25, 0.3) is 0 Å². The topological polar surface area (TPSA) is 0 Å². The Bertz CT molecular complexity index is 391. The summed E-state index contributed by atoms with van der Waals surface area (Å²) in [6, 6.07) is 5.03. The molecule has 0 saturated heterocycles. The van der Waals surface area contributed by atoms with Crippen LogP contribution in [0.25, 0.3) is 0 Å². The van der Waals surface area contributed by atoms with E-state index in [1.165, 1.54) is 18.9 Å². The molecule has 1 fully saturated rings. The SMILES string of the molecule is CC(C)(C)C1(c2c(F)cccc2Cl)CCCC1. The highest BCUT2D eigenvalue weighted by Crippen LogP contribution is 2.54. The van der Waals surface area contributed by atoms with Crippen LogP contribution in [0.3, 0.4) is 0 Å². The largest absolute Gasteiger partial charge is 0.207 e. The van der Waals surface area contributed by atoms with Gasteiger partial charge in [-0.25, -0.2) is 4.39 Å². The maximum Gasteiger partial charge on any atom is 0.128 e. The van der Waals surface area contributed by atoms with Gasteiger partial charge in [-0.2, -0.15) is 0 Å². The van der Waals surface area contributed by atoms with E-state index in [0.29, 0.717) is 5.02 Å². The third-order valence-corrected chi connectivity index (χ3v) is 4.65. The summed E-state index contributed by atoms with van der Waals surface area (Å²) in [5.74, 6) is -0.144. The zero-order chi connectivity index (χ0) is 12.7. The number of rotatable bonds is 1. The fourth-order valence-corrected chi connectivity index (χ4v) is 3.65. The lowest BCUT2D eigenvalue weighted by Crippen LogP contribution is -2.38. The lowest BCUT2D eigenvalue weighted by molar-refractivity contribution is 0.181. The summed E-state index contributed by atoms with van der Waals surface area (Å²) in [7, 11) is 0. The van der Waals surface area contributed by atoms with E-state index in [1.807, 2.05) is 6.07 Å². The predicted octanol–water partition coefficient (Wildman–Crippen LogP) is 5.34. The molecule has 1 aromatic carbocycles. The fourth-order valence-electron chi connectivity index (χ4n) is 3.31. The Kier molecular flexibility index (Phi) is 3.24. The van der Waals surface area contributed by atoms with E-state index in [-0.39, 0.29) is 16.6 Å². The molecule has 0 unspecified atom stereocenters. The van der Waals surface area contributed by atoms with Gasteiger partial charge in [0.2, 0.25) is 0 Å². The molecule has 1 aromatic rings. The Balaban J connectivity index is 2.62. The minimum absolute atomic E-state index is 0.0370. The average Bonchev–Trinajstić information content (AvgIpc) is 2.66. The highest BCUT2D eigenvalue weighted by Gasteiger charge is 2.47. The molecule has 0 nitrogen and oxygen atoms in total. The van der Waals surface area contributed by atoms with Crippen molar-refractivity contribution in [3.8, 4) is 0 Å². The van der Waals surface area contributed by atoms with Gasteiger partial charge in [0, 0.05) is 16.0 Å². The molecule has 1 saturated carbocycles. The van der Waals surface area contributed by atoms with Gasteiger partial charge in [-0.15, -0.1) is 0 Å². The maximum atomic E-state index is 14.2. The molecule has 2 heteroatoms. The molecule has 94 valence electrons. The minimum atomic E-state index is -0.144. The van der Waals surface area contributed by atoms with Gasteiger partial charge in [-0.1, -0.05) is 51.3 Å². The average molecular weight is 255 g/mol. The lowest BCUT2D eigenvalue weighted by atomic mass is 9.61. The van der Waals surface area contributed by atoms with Crippen LogP contribution in [0.1, 0.15) is 52.0 Å². The van der Waals surface area contributed by atoms with Crippen molar-refractivity contribution < 1.29 is 4.39 Å². The van der Waals surface area contributed by atoms with E-state index in [1.54, 1.807) is 6.07 Å². The quantitative estimate of drug-likeness (QED) is 0.635. The number of benzene rings is 1. The minimum Gasteiger partial charge on any atom is -0.207 e. The Hall–Kier alpha value is -0.560. The molecule has 0 bridgehead atoms. The van der Waals surface area contributed by atoms with E-state index in [9.17, 15) is 4.39 Å². The third-order valence-electron chi connectivity index (χ3n) is 4.33. The van der Waals surface area contributed by atoms with Crippen molar-refractivity contribution in [2.75, 3.05) is 0 Å². The highest BCUT2D eigenvalue weighted by atomic mass is 35.5. The Labute approximate surface area is 108 Å². The van der Waals surface area contributed by atoms with Crippen LogP contribution >= 0.6 is 11.6 Å². The van der Waals surface area contributed by atoms with Gasteiger partial charge in [0.05, 0.1) is 0 Å². The van der Waals surface area contributed by atoms with E-state index >= 15 is 0 Å². The second kappa shape index (κ2) is 4.28. The van der Waals surface area contributed by atoms with Gasteiger partial charge in [0.15, 0.2) is 0 Å². The zero-order valence-corrected chi connectivity index (χ0v) is 11.6. The zero-order valence-electron chi connectivity index (χ0n) is 10.8. The molecule has 17 heavy (non-hydrogen) atoms. The Morgan fingerprint density at radius 1 is 1.18 bits per heavy atom. The van der Waals surface area contributed by atoms with Crippen molar-refractivity contribution in [2.24, 2.45) is 5.41 Å². The first-order chi connectivity index (χ1) is 7.88. The smallest absolute Gasteiger partial charge is 0.128 e. The van der Waals surface area contributed by atoms with Crippen LogP contribution in [0.2, 0.25) is 5.02 Å². The second-order valence-electron chi connectivity index (χ2n) is 6.14. The van der Waals surface area contributed by atoms with Crippen molar-refractivity contribution in [3.05, 3.63) is 34.6 Å². The summed E-state index contributed by atoms with van der Waals surface area (Å²) in [5, 5.41) is 0.585. The van der Waals surface area contributed by atoms with Crippen LogP contribution in [-0.4, -0.2) is 0 Å². The first-order valence-corrected chi connectivity index (χ1v) is 6.71. The van der Waals surface area contributed by atoms with Crippen LogP contribution < -0.4 is 0 Å². The fraction of sp³-hybridized carbons (Fsp3) is 0.600. The van der Waals surface area contributed by atoms with E-state index in [4.69, 9.17) is 11.6 Å². The monoisotopic (exact) mass is 254 g/mol. The van der Waals surface area contributed by atoms with E-state index in [0.717, 1.165) is 18.4 Å². The third kappa shape index (κ3) is 1.99. The summed E-state index contributed by atoms with van der Waals surface area (Å²) in [6.45, 7) is 6.59. The van der Waals surface area contributed by atoms with Gasteiger partial charge < -0.3 is 0 Å².